The molecule has 1 rings (SSSR count). The Labute approximate surface area is 78.1 Å². The molecule has 0 amide bonds. The summed E-state index contributed by atoms with van der Waals surface area (Å²) < 4.78 is 0.0335. The normalized spacial score (nSPS) is 9.27. The number of nitrogens with one attached hydrogen (secondary N) is 1. The first kappa shape index (κ1) is 8.48. The molecule has 0 heterocycles. The number of hydrogen-bond donors (Lipinski definition) is 2. The van der Waals surface area contributed by atoms with Gasteiger partial charge in [-0.3, -0.25) is 10.6 Å². The Balaban J connectivity index is 2.91. The van der Waals surface area contributed by atoms with Gasteiger partial charge in [-0.05, 0) is 24.3 Å². The summed E-state index contributed by atoms with van der Waals surface area (Å²) in [5.74, 6) is 5.14. The summed E-state index contributed by atoms with van der Waals surface area (Å²) in [4.78, 5) is 10.8. The van der Waals surface area contributed by atoms with Crippen molar-refractivity contribution in [2.24, 2.45) is 5.84 Å². The van der Waals surface area contributed by atoms with E-state index in [-0.39, 0.29) is 3.79 Å². The molecule has 58 valence electrons. The van der Waals surface area contributed by atoms with Gasteiger partial charge in [-0.25, -0.2) is 0 Å². The van der Waals surface area contributed by atoms with E-state index in [1.807, 2.05) is 0 Å². The van der Waals surface area contributed by atoms with Gasteiger partial charge < -0.3 is 5.43 Å². The molecule has 1 aromatic carbocycles. The van der Waals surface area contributed by atoms with Gasteiger partial charge in [0.05, 0.1) is 0 Å². The Hall–Kier alpha value is -0.620. The van der Waals surface area contributed by atoms with E-state index in [1.165, 1.54) is 0 Å². The van der Waals surface area contributed by atoms with Crippen LogP contribution in [0.2, 0.25) is 0 Å². The maximum absolute atomic E-state index is 10.8. The van der Waals surface area contributed by atoms with Crippen LogP contribution in [0.25, 0.3) is 0 Å². The van der Waals surface area contributed by atoms with Crippen LogP contribution >= 0.6 is 22.6 Å². The van der Waals surface area contributed by atoms with E-state index in [9.17, 15) is 4.79 Å². The van der Waals surface area contributed by atoms with Crippen LogP contribution in [0.3, 0.4) is 0 Å². The minimum atomic E-state index is 0.0335. The third-order valence-corrected chi connectivity index (χ3v) is 1.90. The maximum Gasteiger partial charge on any atom is 0.222 e. The van der Waals surface area contributed by atoms with Crippen molar-refractivity contribution in [3.63, 3.8) is 0 Å². The molecule has 0 aliphatic carbocycles. The van der Waals surface area contributed by atoms with E-state index < -0.39 is 0 Å². The number of carbonyl (C=O) groups is 1. The van der Waals surface area contributed by atoms with Crippen LogP contribution < -0.4 is 11.3 Å². The zero-order chi connectivity index (χ0) is 8.27. The molecular weight excluding hydrogens is 255 g/mol. The second-order valence-electron chi connectivity index (χ2n) is 2.00. The smallest absolute Gasteiger partial charge is 0.222 e. The van der Waals surface area contributed by atoms with Crippen LogP contribution in [-0.4, -0.2) is 3.79 Å². The highest BCUT2D eigenvalue weighted by Crippen LogP contribution is 2.10. The summed E-state index contributed by atoms with van der Waals surface area (Å²) in [6, 6.07) is 6.96. The number of hydrogen-bond acceptors (Lipinski definition) is 3. The fraction of sp³-hybridized carbons (Fsp3) is 0. The van der Waals surface area contributed by atoms with Crippen LogP contribution in [0.1, 0.15) is 10.4 Å². The van der Waals surface area contributed by atoms with E-state index >= 15 is 0 Å². The van der Waals surface area contributed by atoms with Crippen LogP contribution in [-0.2, 0) is 0 Å². The van der Waals surface area contributed by atoms with Crippen LogP contribution in [0, 0.1) is 0 Å². The first-order chi connectivity index (χ1) is 5.24. The summed E-state index contributed by atoms with van der Waals surface area (Å²) in [7, 11) is 0. The topological polar surface area (TPSA) is 55.1 Å². The molecule has 3 nitrogen and oxygen atoms in total. The molecule has 0 aliphatic heterocycles. The highest BCUT2D eigenvalue weighted by molar-refractivity contribution is 14.1. The van der Waals surface area contributed by atoms with Gasteiger partial charge in [-0.1, -0.05) is 0 Å². The van der Waals surface area contributed by atoms with Crippen molar-refractivity contribution in [1.29, 1.82) is 0 Å². The average molecular weight is 262 g/mol. The van der Waals surface area contributed by atoms with E-state index in [2.05, 4.69) is 5.43 Å². The van der Waals surface area contributed by atoms with Crippen molar-refractivity contribution < 1.29 is 4.79 Å². The van der Waals surface area contributed by atoms with E-state index in [0.29, 0.717) is 5.56 Å². The Bertz CT molecular complexity index is 258. The molecule has 3 N–H and O–H groups in total. The summed E-state index contributed by atoms with van der Waals surface area (Å²) in [5, 5.41) is 0. The SMILES string of the molecule is NNc1ccc(C(=O)I)cc1. The van der Waals surface area contributed by atoms with Gasteiger partial charge in [0.15, 0.2) is 0 Å². The number of halogens is 1. The minimum Gasteiger partial charge on any atom is -0.324 e. The van der Waals surface area contributed by atoms with E-state index in [4.69, 9.17) is 5.84 Å². The van der Waals surface area contributed by atoms with Gasteiger partial charge in [-0.15, -0.1) is 0 Å². The average Bonchev–Trinajstić information content (AvgIpc) is 2.05. The number of nitrogens with two attached hydrogens (primary N) is 1. The summed E-state index contributed by atoms with van der Waals surface area (Å²) in [6.45, 7) is 0. The Kier molecular flexibility index (Phi) is 2.84. The molecule has 11 heavy (non-hydrogen) atoms. The second-order valence-corrected chi connectivity index (χ2v) is 2.98. The summed E-state index contributed by atoms with van der Waals surface area (Å²) >= 11 is 1.74. The summed E-state index contributed by atoms with van der Waals surface area (Å²) in [6.07, 6.45) is 0. The van der Waals surface area contributed by atoms with E-state index in [0.717, 1.165) is 5.69 Å². The van der Waals surface area contributed by atoms with Crippen molar-refractivity contribution >= 4 is 32.1 Å². The van der Waals surface area contributed by atoms with Crippen molar-refractivity contribution in [3.8, 4) is 0 Å². The molecular formula is C7H7IN2O. The monoisotopic (exact) mass is 262 g/mol. The molecule has 0 aromatic heterocycles. The van der Waals surface area contributed by atoms with Crippen molar-refractivity contribution in [3.05, 3.63) is 29.8 Å². The largest absolute Gasteiger partial charge is 0.324 e. The first-order valence-electron chi connectivity index (χ1n) is 3.00. The second kappa shape index (κ2) is 3.68. The van der Waals surface area contributed by atoms with Crippen molar-refractivity contribution in [1.82, 2.24) is 0 Å². The Morgan fingerprint density at radius 3 is 2.27 bits per heavy atom. The van der Waals surface area contributed by atoms with Gasteiger partial charge in [-0.2, -0.15) is 0 Å². The molecule has 0 bridgehead atoms. The lowest BCUT2D eigenvalue weighted by Gasteiger charge is -1.98. The zero-order valence-corrected chi connectivity index (χ0v) is 7.83. The molecule has 4 heteroatoms. The maximum atomic E-state index is 10.8. The fourth-order valence-electron chi connectivity index (χ4n) is 0.697. The minimum absolute atomic E-state index is 0.0335. The van der Waals surface area contributed by atoms with Crippen molar-refractivity contribution in [2.75, 3.05) is 5.43 Å². The molecule has 0 fully saturated rings. The van der Waals surface area contributed by atoms with Crippen LogP contribution in [0.4, 0.5) is 5.69 Å². The van der Waals surface area contributed by atoms with Crippen LogP contribution in [0.5, 0.6) is 0 Å². The lowest BCUT2D eigenvalue weighted by molar-refractivity contribution is 0.110. The van der Waals surface area contributed by atoms with Gasteiger partial charge in [0.2, 0.25) is 3.79 Å². The number of rotatable bonds is 2. The Morgan fingerprint density at radius 1 is 1.36 bits per heavy atom. The van der Waals surface area contributed by atoms with E-state index in [1.54, 1.807) is 46.9 Å². The van der Waals surface area contributed by atoms with Crippen LogP contribution in [0.15, 0.2) is 24.3 Å². The number of anilines is 1. The zero-order valence-electron chi connectivity index (χ0n) is 5.67. The molecule has 0 aliphatic rings. The summed E-state index contributed by atoms with van der Waals surface area (Å²) in [5.41, 5.74) is 3.96. The molecule has 0 saturated carbocycles. The third-order valence-electron chi connectivity index (χ3n) is 1.28. The number of carbonyl (C=O) groups excluding carboxylic acids is 1. The van der Waals surface area contributed by atoms with Crippen molar-refractivity contribution in [2.45, 2.75) is 0 Å². The quantitative estimate of drug-likeness (QED) is 0.368. The molecule has 0 spiro atoms. The first-order valence-corrected chi connectivity index (χ1v) is 4.08. The molecule has 0 radical (unpaired) electrons. The highest BCUT2D eigenvalue weighted by atomic mass is 127. The lowest BCUT2D eigenvalue weighted by atomic mass is 10.2. The predicted molar refractivity (Wildman–Crippen MR) is 52.6 cm³/mol. The Morgan fingerprint density at radius 2 is 1.91 bits per heavy atom. The standard InChI is InChI=1S/C7H7IN2O/c8-7(11)5-1-3-6(10-9)4-2-5/h1-4,10H,9H2. The lowest BCUT2D eigenvalue weighted by Crippen LogP contribution is -2.06. The van der Waals surface area contributed by atoms with Gasteiger partial charge >= 0.3 is 0 Å². The molecule has 1 aromatic rings. The molecule has 0 saturated heterocycles. The predicted octanol–water partition coefficient (Wildman–Crippen LogP) is 1.55. The highest BCUT2D eigenvalue weighted by Gasteiger charge is 1.98. The fourth-order valence-corrected chi connectivity index (χ4v) is 1.06. The number of benzene rings is 1. The van der Waals surface area contributed by atoms with Gasteiger partial charge in [0, 0.05) is 33.8 Å². The number of nitrogen functional groups attached to an aromatic ring is 1. The van der Waals surface area contributed by atoms with Gasteiger partial charge in [0.1, 0.15) is 0 Å². The molecule has 0 atom stereocenters. The molecule has 0 unspecified atom stereocenters. The number of hydrazine groups is 1. The third kappa shape index (κ3) is 2.16. The van der Waals surface area contributed by atoms with Gasteiger partial charge in [0.25, 0.3) is 0 Å².